The van der Waals surface area contributed by atoms with E-state index in [2.05, 4.69) is 5.32 Å². The third kappa shape index (κ3) is 3.34. The van der Waals surface area contributed by atoms with Crippen molar-refractivity contribution in [2.24, 2.45) is 16.7 Å². The number of hydrogen-bond donors (Lipinski definition) is 1. The minimum atomic E-state index is -0.469. The Bertz CT molecular complexity index is 832. The molecule has 30 heavy (non-hydrogen) atoms. The van der Waals surface area contributed by atoms with Gasteiger partial charge in [-0.2, -0.15) is 0 Å². The van der Waals surface area contributed by atoms with E-state index in [1.165, 1.54) is 0 Å². The Kier molecular flexibility index (Phi) is 5.24. The first-order valence-electron chi connectivity index (χ1n) is 10.9. The number of fused-ring (bicyclic) bond motifs is 2. The molecule has 7 nitrogen and oxygen atoms in total. The lowest BCUT2D eigenvalue weighted by Crippen LogP contribution is -2.50. The summed E-state index contributed by atoms with van der Waals surface area (Å²) in [6.07, 6.45) is 3.59. The highest BCUT2D eigenvalue weighted by Crippen LogP contribution is 2.62. The van der Waals surface area contributed by atoms with Crippen molar-refractivity contribution < 1.29 is 14.4 Å². The van der Waals surface area contributed by atoms with Crippen LogP contribution in [0.1, 0.15) is 32.6 Å². The van der Waals surface area contributed by atoms with Gasteiger partial charge in [-0.05, 0) is 49.1 Å². The van der Waals surface area contributed by atoms with Crippen LogP contribution in [0.3, 0.4) is 0 Å². The highest BCUT2D eigenvalue weighted by atomic mass is 16.2. The van der Waals surface area contributed by atoms with Crippen molar-refractivity contribution in [1.82, 2.24) is 14.7 Å². The van der Waals surface area contributed by atoms with Crippen LogP contribution in [0.15, 0.2) is 30.3 Å². The standard InChI is InChI=1S/C23H32N4O3/c1-17(28)27-15-19-22(9-10-23(19,16-27)20(29)25(2)3)11-13-26(14-12-22)21(30)24-18-7-5-4-6-8-18/h4-8,19H,9-16H2,1-3H3,(H,24,30)/t19-,23+/m1/s1. The zero-order valence-electron chi connectivity index (χ0n) is 18.2. The second-order valence-corrected chi connectivity index (χ2v) is 9.45. The van der Waals surface area contributed by atoms with Crippen LogP contribution in [0.4, 0.5) is 10.5 Å². The zero-order valence-corrected chi connectivity index (χ0v) is 18.2. The van der Waals surface area contributed by atoms with Crippen LogP contribution in [0.2, 0.25) is 0 Å². The van der Waals surface area contributed by atoms with Gasteiger partial charge in [-0.3, -0.25) is 9.59 Å². The number of piperidine rings is 1. The maximum absolute atomic E-state index is 13.2. The summed E-state index contributed by atoms with van der Waals surface area (Å²) in [5.74, 6) is 0.366. The molecule has 4 rings (SSSR count). The summed E-state index contributed by atoms with van der Waals surface area (Å²) in [4.78, 5) is 43.5. The number of anilines is 1. The van der Waals surface area contributed by atoms with Gasteiger partial charge in [0.05, 0.1) is 5.41 Å². The molecule has 0 bridgehead atoms. The Labute approximate surface area is 178 Å². The smallest absolute Gasteiger partial charge is 0.321 e. The highest BCUT2D eigenvalue weighted by Gasteiger charge is 2.65. The van der Waals surface area contributed by atoms with Crippen LogP contribution in [-0.2, 0) is 9.59 Å². The van der Waals surface area contributed by atoms with Crippen molar-refractivity contribution >= 4 is 23.5 Å². The molecule has 2 saturated heterocycles. The molecular weight excluding hydrogens is 380 g/mol. The summed E-state index contributed by atoms with van der Waals surface area (Å²) in [6, 6.07) is 9.44. The molecule has 1 N–H and O–H groups in total. The van der Waals surface area contributed by atoms with E-state index in [1.54, 1.807) is 11.8 Å². The normalized spacial score (nSPS) is 27.1. The Morgan fingerprint density at radius 3 is 2.27 bits per heavy atom. The summed E-state index contributed by atoms with van der Waals surface area (Å²) in [7, 11) is 3.62. The van der Waals surface area contributed by atoms with Crippen LogP contribution in [0.5, 0.6) is 0 Å². The van der Waals surface area contributed by atoms with Crippen LogP contribution in [0, 0.1) is 16.7 Å². The van der Waals surface area contributed by atoms with Gasteiger partial charge in [-0.1, -0.05) is 18.2 Å². The van der Waals surface area contributed by atoms with Crippen LogP contribution in [-0.4, -0.2) is 72.8 Å². The summed E-state index contributed by atoms with van der Waals surface area (Å²) in [6.45, 7) is 4.15. The number of hydrogen-bond acceptors (Lipinski definition) is 3. The fraction of sp³-hybridized carbons (Fsp3) is 0.609. The molecule has 0 aromatic heterocycles. The van der Waals surface area contributed by atoms with Crippen molar-refractivity contribution in [1.29, 1.82) is 0 Å². The minimum absolute atomic E-state index is 0.0272. The Hall–Kier alpha value is -2.57. The fourth-order valence-corrected chi connectivity index (χ4v) is 6.08. The molecule has 2 atom stereocenters. The number of nitrogens with zero attached hydrogens (tertiary/aromatic N) is 3. The molecule has 0 radical (unpaired) electrons. The zero-order chi connectivity index (χ0) is 21.5. The molecule has 3 fully saturated rings. The first-order valence-corrected chi connectivity index (χ1v) is 10.9. The second-order valence-electron chi connectivity index (χ2n) is 9.45. The highest BCUT2D eigenvalue weighted by molar-refractivity contribution is 5.89. The molecule has 2 aliphatic heterocycles. The first kappa shape index (κ1) is 20.7. The molecule has 1 aliphatic carbocycles. The van der Waals surface area contributed by atoms with Gasteiger partial charge in [-0.15, -0.1) is 0 Å². The second kappa shape index (κ2) is 7.60. The van der Waals surface area contributed by atoms with E-state index >= 15 is 0 Å². The van der Waals surface area contributed by atoms with Crippen molar-refractivity contribution in [2.75, 3.05) is 45.6 Å². The van der Waals surface area contributed by atoms with Crippen molar-refractivity contribution in [2.45, 2.75) is 32.6 Å². The molecule has 0 unspecified atom stereocenters. The molecule has 1 aromatic carbocycles. The summed E-state index contributed by atoms with van der Waals surface area (Å²) in [5, 5.41) is 2.97. The largest absolute Gasteiger partial charge is 0.348 e. The lowest BCUT2D eigenvalue weighted by Gasteiger charge is -2.44. The Balaban J connectivity index is 1.48. The van der Waals surface area contributed by atoms with Crippen LogP contribution < -0.4 is 5.32 Å². The maximum Gasteiger partial charge on any atom is 0.321 e. The van der Waals surface area contributed by atoms with Gasteiger partial charge < -0.3 is 20.0 Å². The molecule has 1 spiro atoms. The topological polar surface area (TPSA) is 73.0 Å². The quantitative estimate of drug-likeness (QED) is 0.812. The van der Waals surface area contributed by atoms with Gasteiger partial charge in [0, 0.05) is 52.9 Å². The number of para-hydroxylation sites is 1. The SMILES string of the molecule is CC(=O)N1C[C@@H]2C3(CCN(C(=O)Nc4ccccc4)CC3)CC[C@]2(C(=O)N(C)C)C1. The van der Waals surface area contributed by atoms with Crippen LogP contribution in [0.25, 0.3) is 0 Å². The van der Waals surface area contributed by atoms with E-state index in [1.807, 2.05) is 54.2 Å². The maximum atomic E-state index is 13.2. The molecule has 1 saturated carbocycles. The van der Waals surface area contributed by atoms with E-state index < -0.39 is 5.41 Å². The predicted molar refractivity (Wildman–Crippen MR) is 115 cm³/mol. The monoisotopic (exact) mass is 412 g/mol. The first-order chi connectivity index (χ1) is 14.3. The number of carbonyl (C=O) groups excluding carboxylic acids is 3. The molecule has 162 valence electrons. The number of rotatable bonds is 2. The van der Waals surface area contributed by atoms with Gasteiger partial charge in [0.1, 0.15) is 0 Å². The van der Waals surface area contributed by atoms with E-state index in [0.717, 1.165) is 31.4 Å². The van der Waals surface area contributed by atoms with Gasteiger partial charge >= 0.3 is 6.03 Å². The lowest BCUT2D eigenvalue weighted by molar-refractivity contribution is -0.141. The third-order valence-electron chi connectivity index (χ3n) is 7.70. The average molecular weight is 413 g/mol. The van der Waals surface area contributed by atoms with Crippen molar-refractivity contribution in [3.05, 3.63) is 30.3 Å². The summed E-state index contributed by atoms with van der Waals surface area (Å²) >= 11 is 0. The average Bonchev–Trinajstić information content (AvgIpc) is 3.26. The van der Waals surface area contributed by atoms with Gasteiger partial charge in [0.15, 0.2) is 0 Å². The van der Waals surface area contributed by atoms with E-state index in [-0.39, 0.29) is 29.2 Å². The molecule has 7 heteroatoms. The number of urea groups is 1. The van der Waals surface area contributed by atoms with E-state index in [4.69, 9.17) is 0 Å². The van der Waals surface area contributed by atoms with Gasteiger partial charge in [-0.25, -0.2) is 4.79 Å². The van der Waals surface area contributed by atoms with E-state index in [0.29, 0.717) is 26.2 Å². The number of likely N-dealkylation sites (tertiary alicyclic amines) is 2. The van der Waals surface area contributed by atoms with Gasteiger partial charge in [0.25, 0.3) is 0 Å². The number of nitrogens with one attached hydrogen (secondary N) is 1. The summed E-state index contributed by atoms with van der Waals surface area (Å²) in [5.41, 5.74) is 0.357. The fourth-order valence-electron chi connectivity index (χ4n) is 6.08. The predicted octanol–water partition coefficient (Wildman–Crippen LogP) is 2.65. The number of carbonyl (C=O) groups is 3. The molecule has 2 heterocycles. The molecular formula is C23H32N4O3. The lowest BCUT2D eigenvalue weighted by atomic mass is 9.65. The Morgan fingerprint density at radius 2 is 1.67 bits per heavy atom. The molecule has 3 aliphatic rings. The Morgan fingerprint density at radius 1 is 1.00 bits per heavy atom. The summed E-state index contributed by atoms with van der Waals surface area (Å²) < 4.78 is 0. The minimum Gasteiger partial charge on any atom is -0.348 e. The number of benzene rings is 1. The van der Waals surface area contributed by atoms with Gasteiger partial charge in [0.2, 0.25) is 11.8 Å². The van der Waals surface area contributed by atoms with Crippen LogP contribution >= 0.6 is 0 Å². The van der Waals surface area contributed by atoms with Crippen molar-refractivity contribution in [3.8, 4) is 0 Å². The number of amides is 4. The molecule has 1 aromatic rings. The van der Waals surface area contributed by atoms with Crippen molar-refractivity contribution in [3.63, 3.8) is 0 Å². The van der Waals surface area contributed by atoms with E-state index in [9.17, 15) is 14.4 Å². The third-order valence-corrected chi connectivity index (χ3v) is 7.70. The molecule has 4 amide bonds.